The van der Waals surface area contributed by atoms with E-state index >= 15 is 0 Å². The topological polar surface area (TPSA) is 78.4 Å². The molecule has 0 radical (unpaired) electrons. The number of carboxylic acid groups (broad SMARTS) is 1. The second-order valence-electron chi connectivity index (χ2n) is 5.48. The fourth-order valence-electron chi connectivity index (χ4n) is 2.82. The normalized spacial score (nSPS) is 25.1. The van der Waals surface area contributed by atoms with Crippen LogP contribution in [0.15, 0.2) is 24.3 Å². The zero-order chi connectivity index (χ0) is 15.5. The number of nitrogens with one attached hydrogen (secondary N) is 2. The summed E-state index contributed by atoms with van der Waals surface area (Å²) in [5.74, 6) is -1.09. The summed E-state index contributed by atoms with van der Waals surface area (Å²) in [6, 6.07) is 6.29. The summed E-state index contributed by atoms with van der Waals surface area (Å²) >= 11 is 5.98. The van der Waals surface area contributed by atoms with Gasteiger partial charge in [0.15, 0.2) is 0 Å². The molecule has 0 spiro atoms. The van der Waals surface area contributed by atoms with Gasteiger partial charge in [0.25, 0.3) is 0 Å². The molecule has 2 unspecified atom stereocenters. The number of carbonyl (C=O) groups is 2. The minimum atomic E-state index is -1.20. The van der Waals surface area contributed by atoms with E-state index in [-0.39, 0.29) is 5.92 Å². The molecule has 0 heterocycles. The Bertz CT molecular complexity index is 549. The lowest BCUT2D eigenvalue weighted by Crippen LogP contribution is -2.60. The highest BCUT2D eigenvalue weighted by Gasteiger charge is 2.46. The van der Waals surface area contributed by atoms with E-state index in [1.54, 1.807) is 24.3 Å². The number of halogens is 1. The molecular weight excluding hydrogens is 292 g/mol. The van der Waals surface area contributed by atoms with Crippen LogP contribution < -0.4 is 10.6 Å². The summed E-state index contributed by atoms with van der Waals surface area (Å²) in [6.07, 6.45) is 3.02. The molecule has 0 aliphatic heterocycles. The molecule has 114 valence electrons. The highest BCUT2D eigenvalue weighted by molar-refractivity contribution is 6.33. The van der Waals surface area contributed by atoms with Gasteiger partial charge < -0.3 is 15.7 Å². The largest absolute Gasteiger partial charge is 0.479 e. The average Bonchev–Trinajstić information content (AvgIpc) is 2.44. The number of benzene rings is 1. The number of carboxylic acids is 1. The number of hydrogen-bond acceptors (Lipinski definition) is 2. The van der Waals surface area contributed by atoms with Gasteiger partial charge in [-0.1, -0.05) is 43.5 Å². The zero-order valence-electron chi connectivity index (χ0n) is 11.9. The number of anilines is 1. The van der Waals surface area contributed by atoms with E-state index in [9.17, 15) is 14.7 Å². The Morgan fingerprint density at radius 2 is 2.05 bits per heavy atom. The van der Waals surface area contributed by atoms with Crippen LogP contribution in [0.2, 0.25) is 5.02 Å². The van der Waals surface area contributed by atoms with Gasteiger partial charge in [0, 0.05) is 0 Å². The second-order valence-corrected chi connectivity index (χ2v) is 5.89. The van der Waals surface area contributed by atoms with Crippen LogP contribution in [0.4, 0.5) is 10.5 Å². The minimum absolute atomic E-state index is 0.110. The van der Waals surface area contributed by atoms with Crippen LogP contribution in [-0.4, -0.2) is 22.6 Å². The van der Waals surface area contributed by atoms with Gasteiger partial charge >= 0.3 is 12.0 Å². The van der Waals surface area contributed by atoms with E-state index in [0.717, 1.165) is 19.3 Å². The smallest absolute Gasteiger partial charge is 0.329 e. The summed E-state index contributed by atoms with van der Waals surface area (Å²) in [4.78, 5) is 23.8. The van der Waals surface area contributed by atoms with Crippen molar-refractivity contribution in [3.8, 4) is 0 Å². The zero-order valence-corrected chi connectivity index (χ0v) is 12.6. The molecule has 21 heavy (non-hydrogen) atoms. The Labute approximate surface area is 128 Å². The van der Waals surface area contributed by atoms with Gasteiger partial charge in [0.05, 0.1) is 10.7 Å². The summed E-state index contributed by atoms with van der Waals surface area (Å²) in [6.45, 7) is 1.86. The molecule has 1 aliphatic rings. The second kappa shape index (κ2) is 6.35. The van der Waals surface area contributed by atoms with Crippen LogP contribution in [0.1, 0.15) is 32.6 Å². The van der Waals surface area contributed by atoms with E-state index in [2.05, 4.69) is 10.6 Å². The molecular formula is C15H19ClN2O3. The molecule has 1 aliphatic carbocycles. The maximum absolute atomic E-state index is 12.1. The van der Waals surface area contributed by atoms with Crippen molar-refractivity contribution in [2.45, 2.75) is 38.1 Å². The predicted octanol–water partition coefficient (Wildman–Crippen LogP) is 3.50. The molecule has 0 aromatic heterocycles. The minimum Gasteiger partial charge on any atom is -0.479 e. The molecule has 6 heteroatoms. The van der Waals surface area contributed by atoms with E-state index in [1.165, 1.54) is 0 Å². The van der Waals surface area contributed by atoms with Gasteiger partial charge in [0.2, 0.25) is 0 Å². The van der Waals surface area contributed by atoms with Crippen LogP contribution in [0, 0.1) is 5.92 Å². The Kier molecular flexibility index (Phi) is 4.73. The van der Waals surface area contributed by atoms with E-state index in [4.69, 9.17) is 11.6 Å². The molecule has 1 fully saturated rings. The van der Waals surface area contributed by atoms with Crippen molar-refractivity contribution in [2.75, 3.05) is 5.32 Å². The van der Waals surface area contributed by atoms with Gasteiger partial charge in [-0.05, 0) is 30.9 Å². The lowest BCUT2D eigenvalue weighted by Gasteiger charge is -2.39. The third-order valence-corrected chi connectivity index (χ3v) is 4.47. The van der Waals surface area contributed by atoms with Crippen molar-refractivity contribution in [3.63, 3.8) is 0 Å². The maximum atomic E-state index is 12.1. The van der Waals surface area contributed by atoms with Crippen molar-refractivity contribution in [1.82, 2.24) is 5.32 Å². The molecule has 2 atom stereocenters. The predicted molar refractivity (Wildman–Crippen MR) is 81.6 cm³/mol. The Morgan fingerprint density at radius 1 is 1.33 bits per heavy atom. The van der Waals surface area contributed by atoms with Crippen molar-refractivity contribution in [3.05, 3.63) is 29.3 Å². The van der Waals surface area contributed by atoms with Gasteiger partial charge in [-0.3, -0.25) is 0 Å². The number of urea groups is 1. The van der Waals surface area contributed by atoms with Crippen LogP contribution in [0.5, 0.6) is 0 Å². The van der Waals surface area contributed by atoms with Crippen molar-refractivity contribution < 1.29 is 14.7 Å². The molecule has 5 nitrogen and oxygen atoms in total. The fourth-order valence-corrected chi connectivity index (χ4v) is 3.01. The summed E-state index contributed by atoms with van der Waals surface area (Å²) in [7, 11) is 0. The number of aliphatic carboxylic acids is 1. The molecule has 1 aromatic rings. The van der Waals surface area contributed by atoms with Crippen molar-refractivity contribution in [2.24, 2.45) is 5.92 Å². The first-order valence-corrected chi connectivity index (χ1v) is 7.40. The molecule has 2 rings (SSSR count). The first-order valence-electron chi connectivity index (χ1n) is 7.03. The number of carbonyl (C=O) groups excluding carboxylic acids is 1. The van der Waals surface area contributed by atoms with E-state index in [1.807, 2.05) is 6.92 Å². The van der Waals surface area contributed by atoms with E-state index in [0.29, 0.717) is 17.1 Å². The highest BCUT2D eigenvalue weighted by Crippen LogP contribution is 2.34. The number of amides is 2. The summed E-state index contributed by atoms with van der Waals surface area (Å²) in [5, 5.41) is 15.2. The molecule has 1 aromatic carbocycles. The van der Waals surface area contributed by atoms with Crippen LogP contribution in [-0.2, 0) is 4.79 Å². The molecule has 0 bridgehead atoms. The lowest BCUT2D eigenvalue weighted by atomic mass is 9.73. The highest BCUT2D eigenvalue weighted by atomic mass is 35.5. The molecule has 0 saturated heterocycles. The summed E-state index contributed by atoms with van der Waals surface area (Å²) < 4.78 is 0. The van der Waals surface area contributed by atoms with Crippen LogP contribution >= 0.6 is 11.6 Å². The molecule has 3 N–H and O–H groups in total. The number of rotatable bonds is 3. The third-order valence-electron chi connectivity index (χ3n) is 4.14. The number of para-hydroxylation sites is 1. The monoisotopic (exact) mass is 310 g/mol. The van der Waals surface area contributed by atoms with Gasteiger partial charge in [0.1, 0.15) is 5.54 Å². The standard InChI is InChI=1S/C15H19ClN2O3/c1-10-6-4-5-9-15(10,13(19)20)18-14(21)17-12-8-3-2-7-11(12)16/h2-3,7-8,10H,4-6,9H2,1H3,(H,19,20)(H2,17,18,21). The Hall–Kier alpha value is -1.75. The van der Waals surface area contributed by atoms with Crippen LogP contribution in [0.3, 0.4) is 0 Å². The Balaban J connectivity index is 2.12. The van der Waals surface area contributed by atoms with Gasteiger partial charge in [-0.15, -0.1) is 0 Å². The summed E-state index contributed by atoms with van der Waals surface area (Å²) in [5.41, 5.74) is -0.746. The first kappa shape index (κ1) is 15.6. The number of hydrogen-bond donors (Lipinski definition) is 3. The molecule has 1 saturated carbocycles. The van der Waals surface area contributed by atoms with Gasteiger partial charge in [-0.25, -0.2) is 9.59 Å². The molecule has 2 amide bonds. The average molecular weight is 311 g/mol. The van der Waals surface area contributed by atoms with E-state index < -0.39 is 17.5 Å². The third kappa shape index (κ3) is 3.29. The lowest BCUT2D eigenvalue weighted by molar-refractivity contribution is -0.148. The maximum Gasteiger partial charge on any atom is 0.329 e. The van der Waals surface area contributed by atoms with Crippen molar-refractivity contribution >= 4 is 29.3 Å². The quantitative estimate of drug-likeness (QED) is 0.799. The SMILES string of the molecule is CC1CCCCC1(NC(=O)Nc1ccccc1Cl)C(=O)O. The first-order chi connectivity index (χ1) is 9.95. The van der Waals surface area contributed by atoms with Crippen molar-refractivity contribution in [1.29, 1.82) is 0 Å². The van der Waals surface area contributed by atoms with Gasteiger partial charge in [-0.2, -0.15) is 0 Å². The fraction of sp³-hybridized carbons (Fsp3) is 0.467. The van der Waals surface area contributed by atoms with Crippen LogP contribution in [0.25, 0.3) is 0 Å². The Morgan fingerprint density at radius 3 is 2.67 bits per heavy atom.